The molecule has 1 aliphatic rings. The van der Waals surface area contributed by atoms with Crippen molar-refractivity contribution in [2.24, 2.45) is 0 Å². The summed E-state index contributed by atoms with van der Waals surface area (Å²) in [5.74, 6) is 0.579. The third kappa shape index (κ3) is 2.74. The number of rotatable bonds is 2. The fourth-order valence-corrected chi connectivity index (χ4v) is 3.72. The van der Waals surface area contributed by atoms with E-state index in [-0.39, 0.29) is 10.6 Å². The van der Waals surface area contributed by atoms with Gasteiger partial charge in [-0.15, -0.1) is 0 Å². The molecule has 0 aliphatic carbocycles. The van der Waals surface area contributed by atoms with Gasteiger partial charge in [-0.1, -0.05) is 43.5 Å². The van der Waals surface area contributed by atoms with Crippen LogP contribution in [-0.2, 0) is 6.42 Å². The lowest BCUT2D eigenvalue weighted by molar-refractivity contribution is 0.354. The fraction of sp³-hybridized carbons (Fsp3) is 0.200. The Balaban J connectivity index is 2.08. The first-order chi connectivity index (χ1) is 9.54. The fourth-order valence-electron chi connectivity index (χ4n) is 2.39. The number of alkyl halides is 1. The van der Waals surface area contributed by atoms with Crippen LogP contribution in [0.15, 0.2) is 34.8 Å². The van der Waals surface area contributed by atoms with Gasteiger partial charge in [-0.2, -0.15) is 0 Å². The molecular formula is C15H10Br2ClFO. The van der Waals surface area contributed by atoms with Crippen molar-refractivity contribution in [3.8, 4) is 5.75 Å². The van der Waals surface area contributed by atoms with E-state index in [2.05, 4.69) is 31.9 Å². The predicted octanol–water partition coefficient (Wildman–Crippen LogP) is 5.66. The number of benzene rings is 2. The lowest BCUT2D eigenvalue weighted by Crippen LogP contribution is -1.98. The zero-order chi connectivity index (χ0) is 14.3. The first-order valence-corrected chi connectivity index (χ1v) is 8.18. The van der Waals surface area contributed by atoms with Gasteiger partial charge in [-0.05, 0) is 41.5 Å². The van der Waals surface area contributed by atoms with E-state index in [1.807, 2.05) is 18.2 Å². The maximum absolute atomic E-state index is 13.5. The molecule has 1 heterocycles. The number of halogens is 4. The highest BCUT2D eigenvalue weighted by atomic mass is 79.9. The van der Waals surface area contributed by atoms with E-state index in [1.165, 1.54) is 12.1 Å². The maximum Gasteiger partial charge on any atom is 0.127 e. The van der Waals surface area contributed by atoms with Crippen LogP contribution in [0, 0.1) is 5.82 Å². The Morgan fingerprint density at radius 1 is 1.20 bits per heavy atom. The predicted molar refractivity (Wildman–Crippen MR) is 85.5 cm³/mol. The van der Waals surface area contributed by atoms with E-state index in [0.717, 1.165) is 28.9 Å². The normalized spacial score (nSPS) is 14.8. The van der Waals surface area contributed by atoms with Crippen molar-refractivity contribution in [3.05, 3.63) is 62.3 Å². The summed E-state index contributed by atoms with van der Waals surface area (Å²) in [5.41, 5.74) is 2.85. The topological polar surface area (TPSA) is 9.23 Å². The SMILES string of the molecule is Fc1cc(Br)cc(C(Br)c2cc(Cl)cc3c2OCC3)c1. The lowest BCUT2D eigenvalue weighted by Gasteiger charge is -2.15. The molecule has 0 bridgehead atoms. The Hall–Kier alpha value is -0.580. The zero-order valence-corrected chi connectivity index (χ0v) is 14.2. The highest BCUT2D eigenvalue weighted by Gasteiger charge is 2.23. The molecule has 0 spiro atoms. The van der Waals surface area contributed by atoms with Gasteiger partial charge in [0.15, 0.2) is 0 Å². The van der Waals surface area contributed by atoms with Crippen LogP contribution in [0.3, 0.4) is 0 Å². The molecule has 20 heavy (non-hydrogen) atoms. The van der Waals surface area contributed by atoms with Crippen molar-refractivity contribution in [1.82, 2.24) is 0 Å². The van der Waals surface area contributed by atoms with Crippen LogP contribution in [0.25, 0.3) is 0 Å². The quantitative estimate of drug-likeness (QED) is 0.570. The van der Waals surface area contributed by atoms with Gasteiger partial charge in [0.25, 0.3) is 0 Å². The molecule has 1 nitrogen and oxygen atoms in total. The van der Waals surface area contributed by atoms with Gasteiger partial charge in [0.1, 0.15) is 11.6 Å². The van der Waals surface area contributed by atoms with Crippen LogP contribution in [0.5, 0.6) is 5.75 Å². The zero-order valence-electron chi connectivity index (χ0n) is 10.3. The van der Waals surface area contributed by atoms with Crippen LogP contribution in [-0.4, -0.2) is 6.61 Å². The molecule has 0 amide bonds. The van der Waals surface area contributed by atoms with Crippen LogP contribution in [0.4, 0.5) is 4.39 Å². The minimum atomic E-state index is -0.279. The molecule has 5 heteroatoms. The Morgan fingerprint density at radius 3 is 2.75 bits per heavy atom. The number of fused-ring (bicyclic) bond motifs is 1. The van der Waals surface area contributed by atoms with Gasteiger partial charge in [0, 0.05) is 21.5 Å². The molecule has 0 radical (unpaired) electrons. The molecule has 104 valence electrons. The summed E-state index contributed by atoms with van der Waals surface area (Å²) in [6.45, 7) is 0.662. The smallest absolute Gasteiger partial charge is 0.127 e. The molecule has 0 aromatic heterocycles. The van der Waals surface area contributed by atoms with E-state index >= 15 is 0 Å². The van der Waals surface area contributed by atoms with E-state index in [1.54, 1.807) is 0 Å². The summed E-state index contributed by atoms with van der Waals surface area (Å²) in [4.78, 5) is -0.167. The Labute approximate surface area is 138 Å². The van der Waals surface area contributed by atoms with Crippen LogP contribution in [0.2, 0.25) is 5.02 Å². The second-order valence-electron chi connectivity index (χ2n) is 4.65. The van der Waals surface area contributed by atoms with Crippen molar-refractivity contribution in [1.29, 1.82) is 0 Å². The lowest BCUT2D eigenvalue weighted by atomic mass is 10.0. The average molecular weight is 421 g/mol. The van der Waals surface area contributed by atoms with Crippen molar-refractivity contribution in [3.63, 3.8) is 0 Å². The number of hydrogen-bond donors (Lipinski definition) is 0. The molecule has 1 unspecified atom stereocenters. The van der Waals surface area contributed by atoms with E-state index < -0.39 is 0 Å². The molecule has 2 aromatic rings. The number of hydrogen-bond acceptors (Lipinski definition) is 1. The molecule has 0 fully saturated rings. The van der Waals surface area contributed by atoms with E-state index in [9.17, 15) is 4.39 Å². The molecule has 1 aliphatic heterocycles. The molecule has 0 N–H and O–H groups in total. The summed E-state index contributed by atoms with van der Waals surface area (Å²) in [6.07, 6.45) is 0.857. The first-order valence-electron chi connectivity index (χ1n) is 6.10. The van der Waals surface area contributed by atoms with Gasteiger partial charge >= 0.3 is 0 Å². The highest BCUT2D eigenvalue weighted by molar-refractivity contribution is 9.10. The summed E-state index contributed by atoms with van der Waals surface area (Å²) >= 11 is 13.1. The monoisotopic (exact) mass is 418 g/mol. The van der Waals surface area contributed by atoms with Crippen LogP contribution in [0.1, 0.15) is 21.5 Å². The van der Waals surface area contributed by atoms with Gasteiger partial charge in [-0.3, -0.25) is 0 Å². The van der Waals surface area contributed by atoms with Gasteiger partial charge in [0.05, 0.1) is 11.4 Å². The van der Waals surface area contributed by atoms with Crippen molar-refractivity contribution >= 4 is 43.5 Å². The van der Waals surface area contributed by atoms with Gasteiger partial charge < -0.3 is 4.74 Å². The maximum atomic E-state index is 13.5. The second kappa shape index (κ2) is 5.66. The molecular weight excluding hydrogens is 410 g/mol. The summed E-state index contributed by atoms with van der Waals surface area (Å²) in [7, 11) is 0. The second-order valence-corrected chi connectivity index (χ2v) is 6.91. The third-order valence-corrected chi connectivity index (χ3v) is 4.93. The molecule has 3 rings (SSSR count). The van der Waals surface area contributed by atoms with Crippen molar-refractivity contribution in [2.45, 2.75) is 11.2 Å². The van der Waals surface area contributed by atoms with Crippen molar-refractivity contribution < 1.29 is 9.13 Å². The first kappa shape index (κ1) is 14.4. The van der Waals surface area contributed by atoms with Gasteiger partial charge in [-0.25, -0.2) is 4.39 Å². The van der Waals surface area contributed by atoms with E-state index in [0.29, 0.717) is 16.1 Å². The highest BCUT2D eigenvalue weighted by Crippen LogP contribution is 2.42. The summed E-state index contributed by atoms with van der Waals surface area (Å²) in [6, 6.07) is 8.61. The Morgan fingerprint density at radius 2 is 2.00 bits per heavy atom. The summed E-state index contributed by atoms with van der Waals surface area (Å²) < 4.78 is 19.9. The minimum Gasteiger partial charge on any atom is -0.493 e. The number of ether oxygens (including phenoxy) is 1. The summed E-state index contributed by atoms with van der Waals surface area (Å²) in [5, 5.41) is 0.671. The van der Waals surface area contributed by atoms with E-state index in [4.69, 9.17) is 16.3 Å². The Kier molecular flexibility index (Phi) is 4.07. The average Bonchev–Trinajstić information content (AvgIpc) is 2.83. The molecule has 0 saturated heterocycles. The van der Waals surface area contributed by atoms with Crippen LogP contribution < -0.4 is 4.74 Å². The molecule has 2 aromatic carbocycles. The molecule has 1 atom stereocenters. The third-order valence-electron chi connectivity index (χ3n) is 3.23. The molecule has 0 saturated carbocycles. The van der Waals surface area contributed by atoms with Crippen LogP contribution >= 0.6 is 43.5 Å². The van der Waals surface area contributed by atoms with Crippen molar-refractivity contribution in [2.75, 3.05) is 6.61 Å². The largest absolute Gasteiger partial charge is 0.493 e. The standard InChI is InChI=1S/C15H10Br2ClFO/c16-10-3-9(5-12(19)6-10)14(17)13-7-11(18)4-8-1-2-20-15(8)13/h3-7,14H,1-2H2. The Bertz CT molecular complexity index is 655. The minimum absolute atomic E-state index is 0.167. The van der Waals surface area contributed by atoms with Gasteiger partial charge in [0.2, 0.25) is 0 Å².